The Morgan fingerprint density at radius 2 is 1.61 bits per heavy atom. The first-order valence-electron chi connectivity index (χ1n) is 7.97. The molecule has 0 saturated carbocycles. The van der Waals surface area contributed by atoms with Crippen LogP contribution in [0.25, 0.3) is 10.8 Å². The molecule has 0 N–H and O–H groups in total. The van der Waals surface area contributed by atoms with Gasteiger partial charge in [0.2, 0.25) is 12.3 Å². The Morgan fingerprint density at radius 1 is 0.913 bits per heavy atom. The lowest BCUT2D eigenvalue weighted by molar-refractivity contribution is -0.693. The lowest BCUT2D eigenvalue weighted by atomic mass is 9.99. The second-order valence-corrected chi connectivity index (χ2v) is 6.22. The SMILES string of the molecule is Cc1ccc2c(C)[n+](CC(=O)c3ccccc3)c(C)cc2c1C. The van der Waals surface area contributed by atoms with E-state index < -0.39 is 0 Å². The Kier molecular flexibility index (Phi) is 3.99. The largest absolute Gasteiger partial charge is 0.287 e. The average molecular weight is 304 g/mol. The minimum atomic E-state index is 0.144. The topological polar surface area (TPSA) is 20.9 Å². The fraction of sp³-hybridized carbons (Fsp3) is 0.238. The Balaban J connectivity index is 2.08. The second kappa shape index (κ2) is 5.96. The van der Waals surface area contributed by atoms with Crippen LogP contribution in [0.1, 0.15) is 32.9 Å². The fourth-order valence-electron chi connectivity index (χ4n) is 3.14. The smallest absolute Gasteiger partial charge is 0.227 e. The number of rotatable bonds is 3. The number of nitrogens with zero attached hydrogens (tertiary/aromatic N) is 1. The monoisotopic (exact) mass is 304 g/mol. The van der Waals surface area contributed by atoms with E-state index in [9.17, 15) is 4.79 Å². The van der Waals surface area contributed by atoms with E-state index in [-0.39, 0.29) is 5.78 Å². The van der Waals surface area contributed by atoms with Crippen LogP contribution in [0.5, 0.6) is 0 Å². The van der Waals surface area contributed by atoms with E-state index in [1.807, 2.05) is 30.3 Å². The molecule has 0 amide bonds. The van der Waals surface area contributed by atoms with Gasteiger partial charge in [-0.2, -0.15) is 4.57 Å². The van der Waals surface area contributed by atoms with Gasteiger partial charge in [-0.1, -0.05) is 36.4 Å². The fourth-order valence-corrected chi connectivity index (χ4v) is 3.14. The van der Waals surface area contributed by atoms with Crippen LogP contribution in [0.15, 0.2) is 48.5 Å². The molecular formula is C21H22NO+. The van der Waals surface area contributed by atoms with Gasteiger partial charge in [-0.3, -0.25) is 4.79 Å². The number of aryl methyl sites for hydroxylation is 4. The molecule has 23 heavy (non-hydrogen) atoms. The Hall–Kier alpha value is -2.48. The summed E-state index contributed by atoms with van der Waals surface area (Å²) in [6, 6.07) is 16.0. The van der Waals surface area contributed by atoms with E-state index in [0.717, 1.165) is 17.0 Å². The number of fused-ring (bicyclic) bond motifs is 1. The molecule has 2 heteroatoms. The average Bonchev–Trinajstić information content (AvgIpc) is 2.56. The van der Waals surface area contributed by atoms with E-state index >= 15 is 0 Å². The van der Waals surface area contributed by atoms with Gasteiger partial charge >= 0.3 is 0 Å². The third-order valence-electron chi connectivity index (χ3n) is 4.76. The number of Topliss-reactive ketones (excluding diaryl/α,β-unsaturated/α-hetero) is 1. The molecule has 3 rings (SSSR count). The molecule has 0 saturated heterocycles. The van der Waals surface area contributed by atoms with Crippen molar-refractivity contribution in [1.82, 2.24) is 0 Å². The first-order chi connectivity index (χ1) is 11.0. The standard InChI is InChI=1S/C21H22NO/c1-14-10-11-19-17(4)22(15(2)12-20(19)16(14)3)13-21(23)18-8-6-5-7-9-18/h5-12H,13H2,1-4H3/q+1. The summed E-state index contributed by atoms with van der Waals surface area (Å²) in [4.78, 5) is 12.6. The molecule has 0 spiro atoms. The van der Waals surface area contributed by atoms with Gasteiger partial charge < -0.3 is 0 Å². The third kappa shape index (κ3) is 2.77. The van der Waals surface area contributed by atoms with Crippen LogP contribution in [0, 0.1) is 27.7 Å². The number of ketones is 1. The number of hydrogen-bond acceptors (Lipinski definition) is 1. The zero-order valence-corrected chi connectivity index (χ0v) is 14.2. The lowest BCUT2D eigenvalue weighted by Crippen LogP contribution is -2.43. The van der Waals surface area contributed by atoms with Crippen LogP contribution < -0.4 is 4.57 Å². The van der Waals surface area contributed by atoms with Crippen molar-refractivity contribution in [2.24, 2.45) is 0 Å². The number of hydrogen-bond donors (Lipinski definition) is 0. The maximum absolute atomic E-state index is 12.6. The van der Waals surface area contributed by atoms with E-state index in [1.54, 1.807) is 0 Å². The van der Waals surface area contributed by atoms with Crippen LogP contribution in [0.3, 0.4) is 0 Å². The zero-order chi connectivity index (χ0) is 16.6. The molecule has 0 aliphatic rings. The summed E-state index contributed by atoms with van der Waals surface area (Å²) >= 11 is 0. The Bertz CT molecular complexity index is 895. The first kappa shape index (κ1) is 15.4. The summed E-state index contributed by atoms with van der Waals surface area (Å²) in [7, 11) is 0. The van der Waals surface area contributed by atoms with E-state index in [4.69, 9.17) is 0 Å². The van der Waals surface area contributed by atoms with Crippen LogP contribution in [0.4, 0.5) is 0 Å². The minimum absolute atomic E-state index is 0.144. The first-order valence-corrected chi connectivity index (χ1v) is 7.97. The predicted octanol–water partition coefficient (Wildman–Crippen LogP) is 4.24. The molecule has 0 atom stereocenters. The van der Waals surface area contributed by atoms with Crippen LogP contribution in [-0.2, 0) is 6.54 Å². The molecule has 0 unspecified atom stereocenters. The number of aromatic nitrogens is 1. The number of carbonyl (C=O) groups excluding carboxylic acids is 1. The van der Waals surface area contributed by atoms with Crippen LogP contribution in [-0.4, -0.2) is 5.78 Å². The molecule has 0 fully saturated rings. The molecule has 0 aliphatic heterocycles. The molecule has 0 aliphatic carbocycles. The molecule has 0 bridgehead atoms. The maximum Gasteiger partial charge on any atom is 0.227 e. The van der Waals surface area contributed by atoms with Gasteiger partial charge in [-0.25, -0.2) is 0 Å². The van der Waals surface area contributed by atoms with Gasteiger partial charge in [0, 0.05) is 30.9 Å². The van der Waals surface area contributed by atoms with Crippen molar-refractivity contribution in [3.8, 4) is 0 Å². The zero-order valence-electron chi connectivity index (χ0n) is 14.2. The molecule has 1 aromatic heterocycles. The Labute approximate surface area is 137 Å². The van der Waals surface area contributed by atoms with E-state index in [0.29, 0.717) is 6.54 Å². The quantitative estimate of drug-likeness (QED) is 0.523. The van der Waals surface area contributed by atoms with Crippen molar-refractivity contribution < 1.29 is 9.36 Å². The number of benzene rings is 2. The highest BCUT2D eigenvalue weighted by atomic mass is 16.1. The van der Waals surface area contributed by atoms with Crippen molar-refractivity contribution in [3.05, 3.63) is 76.6 Å². The lowest BCUT2D eigenvalue weighted by Gasteiger charge is -2.10. The maximum atomic E-state index is 12.6. The summed E-state index contributed by atoms with van der Waals surface area (Å²) < 4.78 is 2.12. The highest BCUT2D eigenvalue weighted by Gasteiger charge is 2.20. The molecule has 1 heterocycles. The van der Waals surface area contributed by atoms with Crippen molar-refractivity contribution in [2.45, 2.75) is 34.2 Å². The van der Waals surface area contributed by atoms with E-state index in [1.165, 1.54) is 21.9 Å². The van der Waals surface area contributed by atoms with Crippen LogP contribution >= 0.6 is 0 Å². The normalized spacial score (nSPS) is 11.0. The molecule has 116 valence electrons. The predicted molar refractivity (Wildman–Crippen MR) is 93.9 cm³/mol. The summed E-state index contributed by atoms with van der Waals surface area (Å²) in [5.41, 5.74) is 5.64. The summed E-state index contributed by atoms with van der Waals surface area (Å²) in [5, 5.41) is 2.50. The number of pyridine rings is 1. The van der Waals surface area contributed by atoms with Crippen LogP contribution in [0.2, 0.25) is 0 Å². The number of carbonyl (C=O) groups is 1. The third-order valence-corrected chi connectivity index (χ3v) is 4.76. The summed E-state index contributed by atoms with van der Waals surface area (Å²) in [6.07, 6.45) is 0. The molecular weight excluding hydrogens is 282 g/mol. The van der Waals surface area contributed by atoms with Crippen molar-refractivity contribution >= 4 is 16.6 Å². The Morgan fingerprint density at radius 3 is 2.30 bits per heavy atom. The highest BCUT2D eigenvalue weighted by molar-refractivity contribution is 5.95. The van der Waals surface area contributed by atoms with Gasteiger partial charge in [0.1, 0.15) is 0 Å². The highest BCUT2D eigenvalue weighted by Crippen LogP contribution is 2.23. The molecule has 2 nitrogen and oxygen atoms in total. The molecule has 0 radical (unpaired) electrons. The van der Waals surface area contributed by atoms with Gasteiger partial charge in [0.15, 0.2) is 11.4 Å². The van der Waals surface area contributed by atoms with E-state index in [2.05, 4.69) is 50.5 Å². The van der Waals surface area contributed by atoms with Crippen molar-refractivity contribution in [1.29, 1.82) is 0 Å². The molecule has 3 aromatic rings. The minimum Gasteiger partial charge on any atom is -0.287 e. The van der Waals surface area contributed by atoms with Crippen molar-refractivity contribution in [3.63, 3.8) is 0 Å². The molecule has 2 aromatic carbocycles. The van der Waals surface area contributed by atoms with Crippen molar-refractivity contribution in [2.75, 3.05) is 0 Å². The summed E-state index contributed by atoms with van der Waals surface area (Å²) in [6.45, 7) is 8.86. The van der Waals surface area contributed by atoms with Gasteiger partial charge in [-0.05, 0) is 36.4 Å². The van der Waals surface area contributed by atoms with Gasteiger partial charge in [-0.15, -0.1) is 0 Å². The van der Waals surface area contributed by atoms with Gasteiger partial charge in [0.25, 0.3) is 0 Å². The van der Waals surface area contributed by atoms with Gasteiger partial charge in [0.05, 0.1) is 0 Å². The second-order valence-electron chi connectivity index (χ2n) is 6.22. The summed E-state index contributed by atoms with van der Waals surface area (Å²) in [5.74, 6) is 0.144.